The average molecular weight is 257 g/mol. The quantitative estimate of drug-likeness (QED) is 0.614. The predicted octanol–water partition coefficient (Wildman–Crippen LogP) is 3.07. The van der Waals surface area contributed by atoms with E-state index in [1.807, 2.05) is 19.1 Å². The summed E-state index contributed by atoms with van der Waals surface area (Å²) >= 11 is 3.38. The molecule has 0 atom stereocenters. The standard InChI is InChI=1S/C11H13BrO2/c1-3-14-11(13)9-5-4-8(2)10(6-9)7-12/h4-6H,3,7H2,1-2H3. The monoisotopic (exact) mass is 256 g/mol. The van der Waals surface area contributed by atoms with Crippen LogP contribution in [0.15, 0.2) is 18.2 Å². The van der Waals surface area contributed by atoms with Gasteiger partial charge in [-0.25, -0.2) is 4.79 Å². The van der Waals surface area contributed by atoms with Crippen LogP contribution in [0, 0.1) is 6.92 Å². The normalized spacial score (nSPS) is 9.93. The molecule has 76 valence electrons. The van der Waals surface area contributed by atoms with Crippen molar-refractivity contribution in [2.75, 3.05) is 6.61 Å². The lowest BCUT2D eigenvalue weighted by Gasteiger charge is -2.05. The van der Waals surface area contributed by atoms with E-state index >= 15 is 0 Å². The molecule has 0 N–H and O–H groups in total. The minimum Gasteiger partial charge on any atom is -0.462 e. The molecule has 0 spiro atoms. The average Bonchev–Trinajstić information content (AvgIpc) is 2.19. The summed E-state index contributed by atoms with van der Waals surface area (Å²) in [5.74, 6) is -0.255. The zero-order chi connectivity index (χ0) is 10.6. The fraction of sp³-hybridized carbons (Fsp3) is 0.364. The highest BCUT2D eigenvalue weighted by molar-refractivity contribution is 9.08. The Kier molecular flexibility index (Phi) is 4.14. The summed E-state index contributed by atoms with van der Waals surface area (Å²) in [6.45, 7) is 4.24. The molecule has 0 aliphatic carbocycles. The first kappa shape index (κ1) is 11.2. The minimum atomic E-state index is -0.255. The fourth-order valence-electron chi connectivity index (χ4n) is 1.16. The molecule has 0 aliphatic heterocycles. The second-order valence-electron chi connectivity index (χ2n) is 3.00. The van der Waals surface area contributed by atoms with E-state index in [0.29, 0.717) is 12.2 Å². The van der Waals surface area contributed by atoms with Gasteiger partial charge in [-0.05, 0) is 37.1 Å². The van der Waals surface area contributed by atoms with Gasteiger partial charge >= 0.3 is 5.97 Å². The number of halogens is 1. The predicted molar refractivity (Wildman–Crippen MR) is 59.8 cm³/mol. The van der Waals surface area contributed by atoms with E-state index in [4.69, 9.17) is 4.74 Å². The number of hydrogen-bond donors (Lipinski definition) is 0. The van der Waals surface area contributed by atoms with E-state index in [9.17, 15) is 4.79 Å². The highest BCUT2D eigenvalue weighted by atomic mass is 79.9. The van der Waals surface area contributed by atoms with Crippen molar-refractivity contribution in [3.8, 4) is 0 Å². The van der Waals surface area contributed by atoms with Crippen LogP contribution in [0.25, 0.3) is 0 Å². The molecule has 0 saturated heterocycles. The van der Waals surface area contributed by atoms with Gasteiger partial charge in [-0.3, -0.25) is 0 Å². The van der Waals surface area contributed by atoms with E-state index in [1.165, 1.54) is 5.56 Å². The third-order valence-corrected chi connectivity index (χ3v) is 2.61. The van der Waals surface area contributed by atoms with Gasteiger partial charge in [0.1, 0.15) is 0 Å². The smallest absolute Gasteiger partial charge is 0.338 e. The van der Waals surface area contributed by atoms with Gasteiger partial charge in [0.05, 0.1) is 12.2 Å². The van der Waals surface area contributed by atoms with Crippen LogP contribution in [0.2, 0.25) is 0 Å². The molecule has 2 nitrogen and oxygen atoms in total. The molecular weight excluding hydrogens is 244 g/mol. The number of carbonyl (C=O) groups excluding carboxylic acids is 1. The van der Waals surface area contributed by atoms with E-state index < -0.39 is 0 Å². The third kappa shape index (κ3) is 2.58. The molecule has 0 aromatic heterocycles. The zero-order valence-corrected chi connectivity index (χ0v) is 9.93. The Morgan fingerprint density at radius 2 is 2.21 bits per heavy atom. The first-order valence-corrected chi connectivity index (χ1v) is 5.63. The Hall–Kier alpha value is -0.830. The van der Waals surface area contributed by atoms with Gasteiger partial charge < -0.3 is 4.74 Å². The van der Waals surface area contributed by atoms with Crippen LogP contribution in [0.4, 0.5) is 0 Å². The maximum absolute atomic E-state index is 11.4. The summed E-state index contributed by atoms with van der Waals surface area (Å²) in [6.07, 6.45) is 0. The molecule has 1 aromatic carbocycles. The van der Waals surface area contributed by atoms with Gasteiger partial charge in [-0.1, -0.05) is 22.0 Å². The lowest BCUT2D eigenvalue weighted by molar-refractivity contribution is 0.0526. The fourth-order valence-corrected chi connectivity index (χ4v) is 1.76. The highest BCUT2D eigenvalue weighted by Crippen LogP contribution is 2.15. The van der Waals surface area contributed by atoms with E-state index in [0.717, 1.165) is 10.9 Å². The molecule has 0 radical (unpaired) electrons. The first-order chi connectivity index (χ1) is 6.69. The van der Waals surface area contributed by atoms with Crippen LogP contribution in [-0.4, -0.2) is 12.6 Å². The van der Waals surface area contributed by atoms with E-state index in [1.54, 1.807) is 13.0 Å². The molecule has 0 amide bonds. The molecule has 3 heteroatoms. The Balaban J connectivity index is 2.94. The molecule has 1 aromatic rings. The maximum atomic E-state index is 11.4. The van der Waals surface area contributed by atoms with Crippen LogP contribution in [0.3, 0.4) is 0 Å². The summed E-state index contributed by atoms with van der Waals surface area (Å²) in [6, 6.07) is 5.59. The van der Waals surface area contributed by atoms with Crippen molar-refractivity contribution in [1.82, 2.24) is 0 Å². The summed E-state index contributed by atoms with van der Waals surface area (Å²) in [7, 11) is 0. The number of aryl methyl sites for hydroxylation is 1. The van der Waals surface area contributed by atoms with Crippen LogP contribution < -0.4 is 0 Å². The summed E-state index contributed by atoms with van der Waals surface area (Å²) in [4.78, 5) is 11.4. The van der Waals surface area contributed by atoms with Crippen LogP contribution in [0.5, 0.6) is 0 Å². The van der Waals surface area contributed by atoms with Crippen molar-refractivity contribution in [3.05, 3.63) is 34.9 Å². The van der Waals surface area contributed by atoms with E-state index in [-0.39, 0.29) is 5.97 Å². The van der Waals surface area contributed by atoms with Gasteiger partial charge in [0, 0.05) is 5.33 Å². The Bertz CT molecular complexity index is 334. The van der Waals surface area contributed by atoms with Gasteiger partial charge in [0.15, 0.2) is 0 Å². The SMILES string of the molecule is CCOC(=O)c1ccc(C)c(CBr)c1. The van der Waals surface area contributed by atoms with E-state index in [2.05, 4.69) is 15.9 Å². The third-order valence-electron chi connectivity index (χ3n) is 2.00. The lowest BCUT2D eigenvalue weighted by Crippen LogP contribution is -2.05. The van der Waals surface area contributed by atoms with Gasteiger partial charge in [0.2, 0.25) is 0 Å². The van der Waals surface area contributed by atoms with Crippen molar-refractivity contribution < 1.29 is 9.53 Å². The molecule has 0 aliphatic rings. The number of benzene rings is 1. The van der Waals surface area contributed by atoms with Crippen LogP contribution >= 0.6 is 15.9 Å². The molecule has 0 bridgehead atoms. The van der Waals surface area contributed by atoms with Crippen molar-refractivity contribution in [2.24, 2.45) is 0 Å². The number of esters is 1. The van der Waals surface area contributed by atoms with Crippen molar-refractivity contribution in [3.63, 3.8) is 0 Å². The molecule has 14 heavy (non-hydrogen) atoms. The number of carbonyl (C=O) groups is 1. The Morgan fingerprint density at radius 1 is 1.50 bits per heavy atom. The molecule has 1 rings (SSSR count). The lowest BCUT2D eigenvalue weighted by atomic mass is 10.1. The van der Waals surface area contributed by atoms with Gasteiger partial charge in [-0.15, -0.1) is 0 Å². The number of alkyl halides is 1. The molecule has 0 fully saturated rings. The van der Waals surface area contributed by atoms with Crippen molar-refractivity contribution in [1.29, 1.82) is 0 Å². The Morgan fingerprint density at radius 3 is 2.79 bits per heavy atom. The second kappa shape index (κ2) is 5.15. The molecule has 0 unspecified atom stereocenters. The van der Waals surface area contributed by atoms with Gasteiger partial charge in [0.25, 0.3) is 0 Å². The topological polar surface area (TPSA) is 26.3 Å². The van der Waals surface area contributed by atoms with Crippen LogP contribution in [-0.2, 0) is 10.1 Å². The Labute approximate surface area is 92.4 Å². The maximum Gasteiger partial charge on any atom is 0.338 e. The van der Waals surface area contributed by atoms with Crippen molar-refractivity contribution in [2.45, 2.75) is 19.2 Å². The highest BCUT2D eigenvalue weighted by Gasteiger charge is 2.07. The summed E-state index contributed by atoms with van der Waals surface area (Å²) in [5.41, 5.74) is 2.91. The summed E-state index contributed by atoms with van der Waals surface area (Å²) in [5, 5.41) is 0.756. The molecular formula is C11H13BrO2. The van der Waals surface area contributed by atoms with Gasteiger partial charge in [-0.2, -0.15) is 0 Å². The van der Waals surface area contributed by atoms with Crippen molar-refractivity contribution >= 4 is 21.9 Å². The number of hydrogen-bond acceptors (Lipinski definition) is 2. The molecule has 0 heterocycles. The zero-order valence-electron chi connectivity index (χ0n) is 8.34. The van der Waals surface area contributed by atoms with Crippen LogP contribution in [0.1, 0.15) is 28.4 Å². The largest absolute Gasteiger partial charge is 0.462 e. The first-order valence-electron chi connectivity index (χ1n) is 4.51. The molecule has 0 saturated carbocycles. The second-order valence-corrected chi connectivity index (χ2v) is 3.56. The number of ether oxygens (including phenoxy) is 1. The number of rotatable bonds is 3. The summed E-state index contributed by atoms with van der Waals surface area (Å²) < 4.78 is 4.91. The minimum absolute atomic E-state index is 0.255.